The van der Waals surface area contributed by atoms with Crippen molar-refractivity contribution < 1.29 is 23.1 Å². The fourth-order valence-electron chi connectivity index (χ4n) is 3.23. The van der Waals surface area contributed by atoms with Crippen molar-refractivity contribution in [3.63, 3.8) is 0 Å². The van der Waals surface area contributed by atoms with Crippen molar-refractivity contribution in [3.05, 3.63) is 35.9 Å². The molecule has 1 heterocycles. The molecule has 0 aliphatic carbocycles. The molecule has 1 aliphatic rings. The number of piperazine rings is 1. The van der Waals surface area contributed by atoms with Crippen molar-refractivity contribution in [2.24, 2.45) is 0 Å². The van der Waals surface area contributed by atoms with Gasteiger partial charge < -0.3 is 18.7 Å². The Morgan fingerprint density at radius 1 is 1.04 bits per heavy atom. The summed E-state index contributed by atoms with van der Waals surface area (Å²) >= 11 is 0. The third-order valence-corrected chi connectivity index (χ3v) is 6.79. The largest absolute Gasteiger partial charge is 0.444 e. The Morgan fingerprint density at radius 2 is 1.57 bits per heavy atom. The normalized spacial score (nSPS) is 17.4. The molecule has 0 N–H and O–H groups in total. The number of hydrogen-bond donors (Lipinski definition) is 0. The third-order valence-electron chi connectivity index (χ3n) is 4.33. The van der Waals surface area contributed by atoms with E-state index in [2.05, 4.69) is 4.90 Å². The van der Waals surface area contributed by atoms with Crippen molar-refractivity contribution in [1.29, 1.82) is 0 Å². The number of ether oxygens (including phenoxy) is 1. The Balaban J connectivity index is 2.20. The van der Waals surface area contributed by atoms with Gasteiger partial charge in [0.2, 0.25) is 0 Å². The van der Waals surface area contributed by atoms with E-state index in [1.54, 1.807) is 4.90 Å². The summed E-state index contributed by atoms with van der Waals surface area (Å²) in [5.74, 6) is -0.505. The van der Waals surface area contributed by atoms with Gasteiger partial charge in [0.1, 0.15) is 11.4 Å². The summed E-state index contributed by atoms with van der Waals surface area (Å²) in [6.45, 7) is 11.9. The van der Waals surface area contributed by atoms with Gasteiger partial charge in [-0.25, -0.2) is 4.79 Å². The molecular formula is C20H33N2O5P. The van der Waals surface area contributed by atoms with E-state index < -0.39 is 19.0 Å². The van der Waals surface area contributed by atoms with E-state index in [0.717, 1.165) is 5.56 Å². The lowest BCUT2D eigenvalue weighted by Crippen LogP contribution is -2.50. The molecule has 28 heavy (non-hydrogen) atoms. The number of rotatable bonds is 7. The molecule has 0 saturated carbocycles. The third kappa shape index (κ3) is 6.05. The van der Waals surface area contributed by atoms with Gasteiger partial charge in [0.15, 0.2) is 0 Å². The zero-order valence-electron chi connectivity index (χ0n) is 17.6. The highest BCUT2D eigenvalue weighted by molar-refractivity contribution is 7.54. The van der Waals surface area contributed by atoms with Crippen molar-refractivity contribution in [3.8, 4) is 0 Å². The average molecular weight is 412 g/mol. The molecule has 0 radical (unpaired) electrons. The van der Waals surface area contributed by atoms with Crippen molar-refractivity contribution >= 4 is 13.7 Å². The molecular weight excluding hydrogens is 379 g/mol. The lowest BCUT2D eigenvalue weighted by Gasteiger charge is -2.41. The summed E-state index contributed by atoms with van der Waals surface area (Å²) < 4.78 is 30.4. The van der Waals surface area contributed by atoms with Crippen molar-refractivity contribution in [2.75, 3.05) is 39.4 Å². The molecule has 0 spiro atoms. The summed E-state index contributed by atoms with van der Waals surface area (Å²) in [4.78, 5) is 16.1. The van der Waals surface area contributed by atoms with E-state index in [-0.39, 0.29) is 6.09 Å². The van der Waals surface area contributed by atoms with Gasteiger partial charge in [-0.05, 0) is 40.2 Å². The first-order chi connectivity index (χ1) is 13.2. The molecule has 0 bridgehead atoms. The SMILES string of the molecule is CCOP(=O)(OCC)C(c1ccccc1)N1CCN(C(=O)OC(C)(C)C)CC1. The zero-order valence-corrected chi connectivity index (χ0v) is 18.5. The highest BCUT2D eigenvalue weighted by atomic mass is 31.2. The standard InChI is InChI=1S/C20H33N2O5P/c1-6-25-28(24,26-7-2)18(17-11-9-8-10-12-17)21-13-15-22(16-14-21)19(23)27-20(3,4)5/h8-12,18H,6-7,13-16H2,1-5H3. The predicted octanol–water partition coefficient (Wildman–Crippen LogP) is 4.50. The molecule has 158 valence electrons. The van der Waals surface area contributed by atoms with Crippen molar-refractivity contribution in [2.45, 2.75) is 46.0 Å². The lowest BCUT2D eigenvalue weighted by atomic mass is 10.2. The molecule has 1 aliphatic heterocycles. The molecule has 1 amide bonds. The Labute approximate surface area is 168 Å². The molecule has 1 fully saturated rings. The monoisotopic (exact) mass is 412 g/mol. The molecule has 1 atom stereocenters. The fraction of sp³-hybridized carbons (Fsp3) is 0.650. The molecule has 1 aromatic carbocycles. The van der Waals surface area contributed by atoms with Crippen LogP contribution in [0.15, 0.2) is 30.3 Å². The number of carbonyl (C=O) groups is 1. The summed E-state index contributed by atoms with van der Waals surface area (Å²) in [6.07, 6.45) is -0.318. The maximum atomic E-state index is 13.6. The highest BCUT2D eigenvalue weighted by Gasteiger charge is 2.42. The van der Waals surface area contributed by atoms with Crippen LogP contribution in [0.2, 0.25) is 0 Å². The number of carbonyl (C=O) groups excluding carboxylic acids is 1. The Bertz CT molecular complexity index is 659. The van der Waals surface area contributed by atoms with Crippen LogP contribution in [-0.4, -0.2) is 60.9 Å². The van der Waals surface area contributed by atoms with E-state index in [1.807, 2.05) is 65.0 Å². The minimum atomic E-state index is -3.41. The lowest BCUT2D eigenvalue weighted by molar-refractivity contribution is 0.0121. The van der Waals surface area contributed by atoms with Gasteiger partial charge in [0, 0.05) is 26.2 Å². The van der Waals surface area contributed by atoms with Gasteiger partial charge in [0.25, 0.3) is 0 Å². The van der Waals surface area contributed by atoms with Crippen LogP contribution in [0.5, 0.6) is 0 Å². The first kappa shape index (κ1) is 22.9. The van der Waals surface area contributed by atoms with Gasteiger partial charge in [-0.15, -0.1) is 0 Å². The molecule has 2 rings (SSSR count). The van der Waals surface area contributed by atoms with Gasteiger partial charge in [-0.2, -0.15) is 0 Å². The second-order valence-electron chi connectivity index (χ2n) is 7.66. The van der Waals surface area contributed by atoms with E-state index >= 15 is 0 Å². The van der Waals surface area contributed by atoms with Crippen LogP contribution in [0.25, 0.3) is 0 Å². The summed E-state index contributed by atoms with van der Waals surface area (Å²) in [6, 6.07) is 9.64. The van der Waals surface area contributed by atoms with Crippen LogP contribution in [0.3, 0.4) is 0 Å². The summed E-state index contributed by atoms with van der Waals surface area (Å²) in [5, 5.41) is 0. The topological polar surface area (TPSA) is 68.3 Å². The second-order valence-corrected chi connectivity index (χ2v) is 9.75. The number of hydrogen-bond acceptors (Lipinski definition) is 6. The van der Waals surface area contributed by atoms with Crippen LogP contribution in [0.1, 0.15) is 46.0 Å². The molecule has 8 heteroatoms. The smallest absolute Gasteiger partial charge is 0.410 e. The van der Waals surface area contributed by atoms with E-state index in [4.69, 9.17) is 13.8 Å². The minimum absolute atomic E-state index is 0.304. The quantitative estimate of drug-likeness (QED) is 0.614. The summed E-state index contributed by atoms with van der Waals surface area (Å²) in [7, 11) is -3.41. The first-order valence-corrected chi connectivity index (χ1v) is 11.5. The van der Waals surface area contributed by atoms with E-state index in [9.17, 15) is 9.36 Å². The molecule has 1 aromatic rings. The van der Waals surface area contributed by atoms with E-state index in [1.165, 1.54) is 0 Å². The van der Waals surface area contributed by atoms with Gasteiger partial charge in [-0.1, -0.05) is 30.3 Å². The molecule has 7 nitrogen and oxygen atoms in total. The van der Waals surface area contributed by atoms with E-state index in [0.29, 0.717) is 39.4 Å². The Kier molecular flexibility index (Phi) is 8.07. The number of benzene rings is 1. The number of amides is 1. The maximum Gasteiger partial charge on any atom is 0.410 e. The Morgan fingerprint density at radius 3 is 2.04 bits per heavy atom. The number of nitrogens with zero attached hydrogens (tertiary/aromatic N) is 2. The summed E-state index contributed by atoms with van der Waals surface area (Å²) in [5.41, 5.74) is 0.360. The zero-order chi connectivity index (χ0) is 20.8. The van der Waals surface area contributed by atoms with Crippen LogP contribution in [0.4, 0.5) is 4.79 Å². The molecule has 1 saturated heterocycles. The predicted molar refractivity (Wildman–Crippen MR) is 109 cm³/mol. The fourth-order valence-corrected chi connectivity index (χ4v) is 5.48. The Hall–Kier alpha value is -1.40. The average Bonchev–Trinajstić information content (AvgIpc) is 2.62. The minimum Gasteiger partial charge on any atom is -0.444 e. The van der Waals surface area contributed by atoms with Crippen LogP contribution in [-0.2, 0) is 18.3 Å². The van der Waals surface area contributed by atoms with Crippen LogP contribution < -0.4 is 0 Å². The maximum absolute atomic E-state index is 13.6. The van der Waals surface area contributed by atoms with Gasteiger partial charge in [0.05, 0.1) is 13.2 Å². The molecule has 0 aromatic heterocycles. The van der Waals surface area contributed by atoms with Crippen molar-refractivity contribution in [1.82, 2.24) is 9.80 Å². The first-order valence-electron chi connectivity index (χ1n) is 9.86. The van der Waals surface area contributed by atoms with Crippen LogP contribution >= 0.6 is 7.60 Å². The van der Waals surface area contributed by atoms with Crippen LogP contribution in [0, 0.1) is 0 Å². The second kappa shape index (κ2) is 9.88. The van der Waals surface area contributed by atoms with Gasteiger partial charge in [-0.3, -0.25) is 9.46 Å². The molecule has 1 unspecified atom stereocenters. The highest BCUT2D eigenvalue weighted by Crippen LogP contribution is 2.62. The van der Waals surface area contributed by atoms with Gasteiger partial charge >= 0.3 is 13.7 Å².